The smallest absolute Gasteiger partial charge is 0.302 e. The summed E-state index contributed by atoms with van der Waals surface area (Å²) in [5, 5.41) is 0. The number of furan rings is 1. The molecular weight excluding hydrogens is 400 g/mol. The van der Waals surface area contributed by atoms with Crippen molar-refractivity contribution in [3.63, 3.8) is 0 Å². The molecule has 3 fully saturated rings. The minimum absolute atomic E-state index is 0.0919. The van der Waals surface area contributed by atoms with E-state index >= 15 is 0 Å². The van der Waals surface area contributed by atoms with Gasteiger partial charge in [0.1, 0.15) is 11.9 Å². The zero-order valence-electron chi connectivity index (χ0n) is 20.8. The minimum Gasteiger partial charge on any atom is -0.462 e. The summed E-state index contributed by atoms with van der Waals surface area (Å²) in [6.07, 6.45) is 9.22. The van der Waals surface area contributed by atoms with Gasteiger partial charge in [-0.05, 0) is 85.7 Å². The third-order valence-corrected chi connectivity index (χ3v) is 10.1. The van der Waals surface area contributed by atoms with Crippen LogP contribution in [-0.4, -0.2) is 17.9 Å². The zero-order valence-corrected chi connectivity index (χ0v) is 20.8. The van der Waals surface area contributed by atoms with Crippen LogP contribution in [0.1, 0.15) is 102 Å². The van der Waals surface area contributed by atoms with E-state index in [1.54, 1.807) is 6.92 Å². The first-order valence-corrected chi connectivity index (χ1v) is 12.8. The number of carbonyl (C=O) groups is 2. The largest absolute Gasteiger partial charge is 0.462 e. The first kappa shape index (κ1) is 22.2. The van der Waals surface area contributed by atoms with E-state index < -0.39 is 5.41 Å². The number of carbonyl (C=O) groups excluding carboxylic acids is 2. The molecule has 4 nitrogen and oxygen atoms in total. The molecule has 5 rings (SSSR count). The van der Waals surface area contributed by atoms with Crippen molar-refractivity contribution in [3.05, 3.63) is 23.2 Å². The molecule has 0 N–H and O–H groups in total. The monoisotopic (exact) mass is 440 g/mol. The van der Waals surface area contributed by atoms with E-state index in [2.05, 4.69) is 19.9 Å². The van der Waals surface area contributed by atoms with Gasteiger partial charge >= 0.3 is 5.97 Å². The molecule has 0 spiro atoms. The summed E-state index contributed by atoms with van der Waals surface area (Å²) >= 11 is 0. The molecule has 1 aromatic heterocycles. The van der Waals surface area contributed by atoms with Gasteiger partial charge in [-0.3, -0.25) is 9.59 Å². The summed E-state index contributed by atoms with van der Waals surface area (Å²) in [5.74, 6) is 4.32. The number of ketones is 1. The van der Waals surface area contributed by atoms with Crippen LogP contribution >= 0.6 is 0 Å². The summed E-state index contributed by atoms with van der Waals surface area (Å²) in [6.45, 7) is 12.4. The molecule has 0 aromatic carbocycles. The lowest BCUT2D eigenvalue weighted by Crippen LogP contribution is -2.54. The number of Topliss-reactive ketones (excluding diaryl/α,β-unsaturated/α-hetero) is 1. The van der Waals surface area contributed by atoms with Gasteiger partial charge in [0.05, 0.1) is 0 Å². The van der Waals surface area contributed by atoms with Gasteiger partial charge in [-0.1, -0.05) is 34.6 Å². The van der Waals surface area contributed by atoms with Crippen LogP contribution in [0, 0.1) is 39.9 Å². The Morgan fingerprint density at radius 2 is 1.75 bits per heavy atom. The van der Waals surface area contributed by atoms with Crippen molar-refractivity contribution in [2.24, 2.45) is 39.9 Å². The molecular formula is C28H40O4. The Kier molecular flexibility index (Phi) is 5.01. The van der Waals surface area contributed by atoms with Crippen LogP contribution in [0.15, 0.2) is 10.5 Å². The number of esters is 1. The highest BCUT2D eigenvalue weighted by molar-refractivity contribution is 5.97. The average molecular weight is 441 g/mol. The van der Waals surface area contributed by atoms with Crippen molar-refractivity contribution in [2.45, 2.75) is 99.0 Å². The summed E-state index contributed by atoms with van der Waals surface area (Å²) < 4.78 is 12.0. The lowest BCUT2D eigenvalue weighted by Gasteiger charge is -2.59. The number of hydrogen-bond acceptors (Lipinski definition) is 4. The summed E-state index contributed by atoms with van der Waals surface area (Å²) in [7, 11) is 0. The predicted octanol–water partition coefficient (Wildman–Crippen LogP) is 6.40. The van der Waals surface area contributed by atoms with Gasteiger partial charge in [0.2, 0.25) is 5.78 Å². The fourth-order valence-corrected chi connectivity index (χ4v) is 8.40. The van der Waals surface area contributed by atoms with E-state index in [9.17, 15) is 9.59 Å². The number of fused-ring (bicyclic) bond motifs is 6. The summed E-state index contributed by atoms with van der Waals surface area (Å²) in [5.41, 5.74) is 1.26. The van der Waals surface area contributed by atoms with E-state index in [-0.39, 0.29) is 28.7 Å². The van der Waals surface area contributed by atoms with Crippen LogP contribution in [-0.2, 0) is 22.4 Å². The van der Waals surface area contributed by atoms with Crippen LogP contribution < -0.4 is 0 Å². The Bertz CT molecular complexity index is 936. The topological polar surface area (TPSA) is 56.5 Å². The van der Waals surface area contributed by atoms with Gasteiger partial charge in [-0.25, -0.2) is 0 Å². The van der Waals surface area contributed by atoms with Gasteiger partial charge in [0, 0.05) is 24.2 Å². The molecule has 4 aliphatic rings. The molecule has 0 aliphatic heterocycles. The van der Waals surface area contributed by atoms with Crippen molar-refractivity contribution in [1.29, 1.82) is 0 Å². The highest BCUT2D eigenvalue weighted by Crippen LogP contribution is 2.66. The van der Waals surface area contributed by atoms with Crippen molar-refractivity contribution in [3.8, 4) is 0 Å². The molecule has 7 atom stereocenters. The van der Waals surface area contributed by atoms with E-state index in [4.69, 9.17) is 9.15 Å². The molecule has 32 heavy (non-hydrogen) atoms. The van der Waals surface area contributed by atoms with E-state index in [0.717, 1.165) is 37.4 Å². The average Bonchev–Trinajstić information content (AvgIpc) is 3.24. The molecule has 4 aliphatic carbocycles. The number of ether oxygens (including phenoxy) is 1. The van der Waals surface area contributed by atoms with Gasteiger partial charge in [-0.2, -0.15) is 0 Å². The molecule has 176 valence electrons. The Morgan fingerprint density at radius 3 is 2.44 bits per heavy atom. The second kappa shape index (κ2) is 7.21. The normalized spacial score (nSPS) is 40.6. The maximum Gasteiger partial charge on any atom is 0.302 e. The fourth-order valence-electron chi connectivity index (χ4n) is 8.40. The van der Waals surface area contributed by atoms with Crippen molar-refractivity contribution in [2.75, 3.05) is 0 Å². The SMILES string of the molecule is CC(=O)O[C@H]1CC[C@H]2[C@@H]3CC[C@H]4Cc5oc(C(=O)C(C)(C)C)cc5C[C@]4(C)[C@H]3CC[C@]12C. The molecule has 0 saturated heterocycles. The third-order valence-electron chi connectivity index (χ3n) is 10.1. The molecule has 0 radical (unpaired) electrons. The van der Waals surface area contributed by atoms with Crippen LogP contribution in [0.4, 0.5) is 0 Å². The first-order valence-electron chi connectivity index (χ1n) is 12.8. The Balaban J connectivity index is 1.41. The van der Waals surface area contributed by atoms with Crippen molar-refractivity contribution < 1.29 is 18.7 Å². The molecule has 4 heteroatoms. The predicted molar refractivity (Wildman–Crippen MR) is 123 cm³/mol. The van der Waals surface area contributed by atoms with Crippen LogP contribution in [0.2, 0.25) is 0 Å². The Labute approximate surface area is 192 Å². The molecule has 0 bridgehead atoms. The molecule has 1 heterocycles. The van der Waals surface area contributed by atoms with E-state index in [1.807, 2.05) is 20.8 Å². The lowest BCUT2D eigenvalue weighted by molar-refractivity contribution is -0.160. The summed E-state index contributed by atoms with van der Waals surface area (Å²) in [4.78, 5) is 24.6. The lowest BCUT2D eigenvalue weighted by atomic mass is 9.45. The van der Waals surface area contributed by atoms with Crippen molar-refractivity contribution in [1.82, 2.24) is 0 Å². The minimum atomic E-state index is -0.420. The summed E-state index contributed by atoms with van der Waals surface area (Å²) in [6, 6.07) is 2.06. The van der Waals surface area contributed by atoms with Crippen LogP contribution in [0.5, 0.6) is 0 Å². The zero-order chi connectivity index (χ0) is 23.1. The number of rotatable bonds is 2. The van der Waals surface area contributed by atoms with E-state index in [1.165, 1.54) is 31.2 Å². The maximum absolute atomic E-state index is 12.8. The highest BCUT2D eigenvalue weighted by Gasteiger charge is 2.61. The quantitative estimate of drug-likeness (QED) is 0.394. The van der Waals surface area contributed by atoms with Crippen LogP contribution in [0.3, 0.4) is 0 Å². The molecule has 3 saturated carbocycles. The van der Waals surface area contributed by atoms with Gasteiger partial charge in [0.15, 0.2) is 5.76 Å². The molecule has 0 amide bonds. The molecule has 0 unspecified atom stereocenters. The van der Waals surface area contributed by atoms with Crippen molar-refractivity contribution >= 4 is 11.8 Å². The standard InChI is InChI=1S/C28H40O4/c1-16(29)31-24-10-9-20-19-8-7-18-14-22-17(13-23(32-22)25(30)26(2,3)4)15-28(18,6)21(19)11-12-27(20,24)5/h13,18-21,24H,7-12,14-15H2,1-6H3/t18-,19-,20-,21-,24-,27-,28-/m0/s1. The Morgan fingerprint density at radius 1 is 1.03 bits per heavy atom. The number of hydrogen-bond donors (Lipinski definition) is 0. The highest BCUT2D eigenvalue weighted by atomic mass is 16.5. The maximum atomic E-state index is 12.8. The Hall–Kier alpha value is -1.58. The second-order valence-electron chi connectivity index (χ2n) is 12.9. The fraction of sp³-hybridized carbons (Fsp3) is 0.786. The first-order chi connectivity index (χ1) is 14.9. The van der Waals surface area contributed by atoms with Gasteiger partial charge < -0.3 is 9.15 Å². The third kappa shape index (κ3) is 3.22. The second-order valence-corrected chi connectivity index (χ2v) is 12.9. The molecule has 1 aromatic rings. The van der Waals surface area contributed by atoms with Crippen LogP contribution in [0.25, 0.3) is 0 Å². The van der Waals surface area contributed by atoms with Gasteiger partial charge in [-0.15, -0.1) is 0 Å². The van der Waals surface area contributed by atoms with E-state index in [0.29, 0.717) is 23.5 Å². The van der Waals surface area contributed by atoms with Gasteiger partial charge in [0.25, 0.3) is 0 Å².